The first-order chi connectivity index (χ1) is 13.9. The summed E-state index contributed by atoms with van der Waals surface area (Å²) in [5.41, 5.74) is 0.899. The molecule has 1 rings (SSSR count). The van der Waals surface area contributed by atoms with E-state index in [1.807, 2.05) is 30.3 Å². The maximum Gasteiger partial charge on any atom is 0.407 e. The third kappa shape index (κ3) is 12.1. The van der Waals surface area contributed by atoms with Gasteiger partial charge < -0.3 is 25.6 Å². The first-order valence-corrected chi connectivity index (χ1v) is 9.57. The van der Waals surface area contributed by atoms with Crippen molar-refractivity contribution in [2.24, 2.45) is 0 Å². The van der Waals surface area contributed by atoms with Gasteiger partial charge in [0.25, 0.3) is 0 Å². The Bertz CT molecular complexity index is 664. The van der Waals surface area contributed by atoms with Crippen molar-refractivity contribution in [3.63, 3.8) is 0 Å². The van der Waals surface area contributed by atoms with Crippen molar-refractivity contribution < 1.29 is 34.1 Å². The molecule has 0 heterocycles. The van der Waals surface area contributed by atoms with Gasteiger partial charge in [0, 0.05) is 19.4 Å². The molecule has 9 nitrogen and oxygen atoms in total. The van der Waals surface area contributed by atoms with Crippen molar-refractivity contribution in [1.29, 1.82) is 0 Å². The smallest absolute Gasteiger partial charge is 0.407 e. The van der Waals surface area contributed by atoms with Gasteiger partial charge in [-0.2, -0.15) is 0 Å². The lowest BCUT2D eigenvalue weighted by Crippen LogP contribution is -2.40. The molecule has 0 fully saturated rings. The number of nitrogens with one attached hydrogen (secondary N) is 2. The molecule has 4 N–H and O–H groups in total. The van der Waals surface area contributed by atoms with Crippen molar-refractivity contribution in [2.75, 3.05) is 6.54 Å². The van der Waals surface area contributed by atoms with Crippen molar-refractivity contribution in [3.05, 3.63) is 35.9 Å². The van der Waals surface area contributed by atoms with Crippen LogP contribution in [0.1, 0.15) is 50.5 Å². The molecule has 9 heteroatoms. The van der Waals surface area contributed by atoms with Gasteiger partial charge in [-0.15, -0.1) is 0 Å². The molecule has 0 aliphatic heterocycles. The lowest BCUT2D eigenvalue weighted by Gasteiger charge is -2.14. The van der Waals surface area contributed by atoms with E-state index in [0.29, 0.717) is 25.8 Å². The van der Waals surface area contributed by atoms with Crippen molar-refractivity contribution in [2.45, 2.75) is 57.6 Å². The fourth-order valence-electron chi connectivity index (χ4n) is 2.53. The van der Waals surface area contributed by atoms with Crippen LogP contribution in [0.25, 0.3) is 0 Å². The van der Waals surface area contributed by atoms with Gasteiger partial charge in [-0.3, -0.25) is 9.59 Å². The monoisotopic (exact) mass is 408 g/mol. The molecule has 0 aromatic heterocycles. The third-order valence-electron chi connectivity index (χ3n) is 4.08. The molecule has 1 atom stereocenters. The van der Waals surface area contributed by atoms with Gasteiger partial charge in [0.2, 0.25) is 5.91 Å². The number of carbonyl (C=O) groups excluding carboxylic acids is 2. The van der Waals surface area contributed by atoms with Gasteiger partial charge in [0.1, 0.15) is 12.6 Å². The molecule has 2 amide bonds. The molecular formula is C20H28N2O7. The Kier molecular flexibility index (Phi) is 11.5. The molecule has 1 aromatic carbocycles. The number of unbranched alkanes of at least 4 members (excludes halogenated alkanes) is 2. The summed E-state index contributed by atoms with van der Waals surface area (Å²) < 4.78 is 5.08. The van der Waals surface area contributed by atoms with E-state index in [9.17, 15) is 19.2 Å². The number of hydrogen-bond donors (Lipinski definition) is 4. The Labute approximate surface area is 169 Å². The Morgan fingerprint density at radius 2 is 1.66 bits per heavy atom. The normalized spacial score (nSPS) is 11.3. The second-order valence-corrected chi connectivity index (χ2v) is 6.54. The van der Waals surface area contributed by atoms with Crippen LogP contribution in [-0.2, 0) is 25.7 Å². The third-order valence-corrected chi connectivity index (χ3v) is 4.08. The zero-order chi connectivity index (χ0) is 21.5. The predicted molar refractivity (Wildman–Crippen MR) is 104 cm³/mol. The highest BCUT2D eigenvalue weighted by atomic mass is 16.5. The standard InChI is InChI=1S/C20H28N2O7/c23-17(22-16(19(26)27)10-7-12-18(24)25)11-5-2-6-13-21-20(28)29-14-15-8-3-1-4-9-15/h1,3-4,8-9,16H,2,5-7,10-14H2,(H,21,28)(H,22,23)(H,24,25)(H,26,27)/t16-/m0/s1. The van der Waals surface area contributed by atoms with Crippen LogP contribution in [0.3, 0.4) is 0 Å². The summed E-state index contributed by atoms with van der Waals surface area (Å²) >= 11 is 0. The number of aliphatic carboxylic acids is 2. The molecule has 0 aliphatic carbocycles. The Hall–Kier alpha value is -3.10. The first-order valence-electron chi connectivity index (χ1n) is 9.57. The maximum atomic E-state index is 11.8. The minimum absolute atomic E-state index is 0.0718. The van der Waals surface area contributed by atoms with Crippen LogP contribution in [0.2, 0.25) is 0 Å². The van der Waals surface area contributed by atoms with Crippen molar-refractivity contribution in [1.82, 2.24) is 10.6 Å². The summed E-state index contributed by atoms with van der Waals surface area (Å²) in [5.74, 6) is -2.57. The summed E-state index contributed by atoms with van der Waals surface area (Å²) in [5, 5.41) is 22.7. The van der Waals surface area contributed by atoms with Gasteiger partial charge >= 0.3 is 18.0 Å². The largest absolute Gasteiger partial charge is 0.481 e. The van der Waals surface area contributed by atoms with Crippen LogP contribution in [-0.4, -0.2) is 46.7 Å². The summed E-state index contributed by atoms with van der Waals surface area (Å²) in [7, 11) is 0. The molecule has 1 aromatic rings. The second-order valence-electron chi connectivity index (χ2n) is 6.54. The number of carbonyl (C=O) groups is 4. The fraction of sp³-hybridized carbons (Fsp3) is 0.500. The van der Waals surface area contributed by atoms with E-state index in [1.165, 1.54) is 0 Å². The van der Waals surface area contributed by atoms with E-state index in [1.54, 1.807) is 0 Å². The van der Waals surface area contributed by atoms with E-state index < -0.39 is 24.1 Å². The topological polar surface area (TPSA) is 142 Å². The highest BCUT2D eigenvalue weighted by Crippen LogP contribution is 2.05. The van der Waals surface area contributed by atoms with Crippen LogP contribution in [0.15, 0.2) is 30.3 Å². The lowest BCUT2D eigenvalue weighted by molar-refractivity contribution is -0.142. The van der Waals surface area contributed by atoms with Crippen molar-refractivity contribution in [3.8, 4) is 0 Å². The number of hydrogen-bond acceptors (Lipinski definition) is 5. The highest BCUT2D eigenvalue weighted by molar-refractivity contribution is 5.83. The molecule has 0 aliphatic rings. The van der Waals surface area contributed by atoms with Gasteiger partial charge in [0.05, 0.1) is 0 Å². The minimum atomic E-state index is -1.18. The van der Waals surface area contributed by atoms with Gasteiger partial charge in [0.15, 0.2) is 0 Å². The van der Waals surface area contributed by atoms with Crippen LogP contribution in [0, 0.1) is 0 Å². The van der Waals surface area contributed by atoms with Crippen LogP contribution in [0.5, 0.6) is 0 Å². The van der Waals surface area contributed by atoms with Gasteiger partial charge in [-0.1, -0.05) is 36.8 Å². The molecule has 160 valence electrons. The number of benzene rings is 1. The van der Waals surface area contributed by atoms with Crippen LogP contribution >= 0.6 is 0 Å². The Morgan fingerprint density at radius 1 is 0.931 bits per heavy atom. The number of carboxylic acids is 2. The van der Waals surface area contributed by atoms with E-state index >= 15 is 0 Å². The molecular weight excluding hydrogens is 380 g/mol. The van der Waals surface area contributed by atoms with Crippen LogP contribution in [0.4, 0.5) is 4.79 Å². The predicted octanol–water partition coefficient (Wildman–Crippen LogP) is 2.30. The quantitative estimate of drug-likeness (QED) is 0.346. The Balaban J connectivity index is 2.09. The number of amides is 2. The molecule has 0 radical (unpaired) electrons. The van der Waals surface area contributed by atoms with E-state index in [4.69, 9.17) is 14.9 Å². The summed E-state index contributed by atoms with van der Waals surface area (Å²) in [6.07, 6.45) is 1.67. The number of alkyl carbamates (subject to hydrolysis) is 1. The number of ether oxygens (including phenoxy) is 1. The first kappa shape index (κ1) is 23.9. The van der Waals surface area contributed by atoms with E-state index in [2.05, 4.69) is 10.6 Å². The molecule has 29 heavy (non-hydrogen) atoms. The summed E-state index contributed by atoms with van der Waals surface area (Å²) in [6, 6.07) is 8.25. The van der Waals surface area contributed by atoms with Crippen LogP contribution < -0.4 is 10.6 Å². The van der Waals surface area contributed by atoms with E-state index in [0.717, 1.165) is 5.56 Å². The highest BCUT2D eigenvalue weighted by Gasteiger charge is 2.19. The fourth-order valence-corrected chi connectivity index (χ4v) is 2.53. The van der Waals surface area contributed by atoms with Gasteiger partial charge in [-0.25, -0.2) is 9.59 Å². The molecule has 0 saturated carbocycles. The average molecular weight is 408 g/mol. The molecule has 0 saturated heterocycles. The summed E-state index contributed by atoms with van der Waals surface area (Å²) in [4.78, 5) is 45.0. The average Bonchev–Trinajstić information content (AvgIpc) is 2.68. The zero-order valence-electron chi connectivity index (χ0n) is 16.3. The second kappa shape index (κ2) is 14.0. The Morgan fingerprint density at radius 3 is 2.31 bits per heavy atom. The number of rotatable bonds is 14. The SMILES string of the molecule is O=C(O)CCC[C@H](NC(=O)CCCCCNC(=O)OCc1ccccc1)C(=O)O. The number of carboxylic acid groups (broad SMARTS) is 2. The van der Waals surface area contributed by atoms with E-state index in [-0.39, 0.29) is 38.2 Å². The minimum Gasteiger partial charge on any atom is -0.481 e. The maximum absolute atomic E-state index is 11.8. The lowest BCUT2D eigenvalue weighted by atomic mass is 10.1. The zero-order valence-corrected chi connectivity index (χ0v) is 16.3. The molecule has 0 unspecified atom stereocenters. The van der Waals surface area contributed by atoms with Crippen molar-refractivity contribution >= 4 is 23.9 Å². The molecule has 0 bridgehead atoms. The van der Waals surface area contributed by atoms with Gasteiger partial charge in [-0.05, 0) is 31.2 Å². The summed E-state index contributed by atoms with van der Waals surface area (Å²) in [6.45, 7) is 0.617. The molecule has 0 spiro atoms.